The van der Waals surface area contributed by atoms with Crippen LogP contribution in [0, 0.1) is 6.92 Å². The second kappa shape index (κ2) is 3.16. The molecule has 0 saturated heterocycles. The van der Waals surface area contributed by atoms with Gasteiger partial charge in [0.1, 0.15) is 0 Å². The Balaban J connectivity index is 2.41. The van der Waals surface area contributed by atoms with Crippen LogP contribution in [0.25, 0.3) is 0 Å². The van der Waals surface area contributed by atoms with Crippen LogP contribution in [0.4, 0.5) is 0 Å². The van der Waals surface area contributed by atoms with Gasteiger partial charge >= 0.3 is 7.12 Å². The van der Waals surface area contributed by atoms with Gasteiger partial charge < -0.3 is 10.0 Å². The van der Waals surface area contributed by atoms with Crippen LogP contribution in [0.3, 0.4) is 0 Å². The molecule has 0 radical (unpaired) electrons. The van der Waals surface area contributed by atoms with Crippen LogP contribution in [-0.2, 0) is 0 Å². The summed E-state index contributed by atoms with van der Waals surface area (Å²) in [4.78, 5) is 0. The van der Waals surface area contributed by atoms with E-state index < -0.39 is 7.12 Å². The lowest BCUT2D eigenvalue weighted by Crippen LogP contribution is -2.33. The summed E-state index contributed by atoms with van der Waals surface area (Å²) in [6, 6.07) is 5.90. The van der Waals surface area contributed by atoms with Gasteiger partial charge in [-0.25, -0.2) is 0 Å². The predicted octanol–water partition coefficient (Wildman–Crippen LogP) is 0.552. The molecule has 0 heterocycles. The Morgan fingerprint density at radius 3 is 2.54 bits per heavy atom. The molecule has 1 aliphatic carbocycles. The number of benzene rings is 1. The van der Waals surface area contributed by atoms with E-state index in [9.17, 15) is 0 Å². The molecule has 0 bridgehead atoms. The zero-order valence-electron chi connectivity index (χ0n) is 7.70. The summed E-state index contributed by atoms with van der Waals surface area (Å²) in [5.74, 6) is 0.567. The minimum atomic E-state index is -1.32. The summed E-state index contributed by atoms with van der Waals surface area (Å²) in [5, 5.41) is 18.3. The first kappa shape index (κ1) is 8.79. The molecule has 2 nitrogen and oxygen atoms in total. The van der Waals surface area contributed by atoms with Crippen molar-refractivity contribution in [3.8, 4) is 0 Å². The van der Waals surface area contributed by atoms with Crippen molar-refractivity contribution >= 4 is 12.6 Å². The maximum absolute atomic E-state index is 9.16. The molecule has 0 spiro atoms. The van der Waals surface area contributed by atoms with Crippen LogP contribution < -0.4 is 5.46 Å². The van der Waals surface area contributed by atoms with E-state index in [0.29, 0.717) is 11.4 Å². The van der Waals surface area contributed by atoms with E-state index in [1.807, 2.05) is 25.1 Å². The molecule has 1 aromatic rings. The molecule has 0 amide bonds. The Kier molecular flexibility index (Phi) is 2.14. The monoisotopic (exact) mass is 176 g/mol. The number of hydrogen-bond donors (Lipinski definition) is 2. The third-order valence-electron chi connectivity index (χ3n) is 2.54. The molecule has 1 aromatic carbocycles. The van der Waals surface area contributed by atoms with Crippen molar-refractivity contribution in [1.29, 1.82) is 0 Å². The Morgan fingerprint density at radius 2 is 2.00 bits per heavy atom. The van der Waals surface area contributed by atoms with Crippen LogP contribution in [0.15, 0.2) is 18.2 Å². The summed E-state index contributed by atoms with van der Waals surface area (Å²) in [5.41, 5.74) is 2.87. The van der Waals surface area contributed by atoms with E-state index in [0.717, 1.165) is 11.1 Å². The van der Waals surface area contributed by atoms with Gasteiger partial charge in [0, 0.05) is 0 Å². The Hall–Kier alpha value is -0.795. The highest BCUT2D eigenvalue weighted by Crippen LogP contribution is 2.39. The molecule has 0 aromatic heterocycles. The van der Waals surface area contributed by atoms with Gasteiger partial charge in [-0.05, 0) is 36.7 Å². The SMILES string of the molecule is Cc1ccc(C2CC2)c(B(O)O)c1. The van der Waals surface area contributed by atoms with E-state index in [2.05, 4.69) is 0 Å². The summed E-state index contributed by atoms with van der Waals surface area (Å²) < 4.78 is 0. The number of aryl methyl sites for hydroxylation is 1. The van der Waals surface area contributed by atoms with Crippen LogP contribution in [0.1, 0.15) is 29.9 Å². The van der Waals surface area contributed by atoms with Gasteiger partial charge in [0.2, 0.25) is 0 Å². The summed E-state index contributed by atoms with van der Waals surface area (Å²) >= 11 is 0. The topological polar surface area (TPSA) is 40.5 Å². The highest BCUT2D eigenvalue weighted by Gasteiger charge is 2.28. The largest absolute Gasteiger partial charge is 0.488 e. The van der Waals surface area contributed by atoms with E-state index in [4.69, 9.17) is 10.0 Å². The Labute approximate surface area is 78.4 Å². The van der Waals surface area contributed by atoms with E-state index >= 15 is 0 Å². The normalized spacial score (nSPS) is 15.9. The maximum atomic E-state index is 9.16. The Morgan fingerprint density at radius 1 is 1.31 bits per heavy atom. The van der Waals surface area contributed by atoms with Gasteiger partial charge in [0.25, 0.3) is 0 Å². The lowest BCUT2D eigenvalue weighted by Gasteiger charge is -2.08. The van der Waals surface area contributed by atoms with Gasteiger partial charge in [0.15, 0.2) is 0 Å². The summed E-state index contributed by atoms with van der Waals surface area (Å²) in [7, 11) is -1.32. The molecule has 2 N–H and O–H groups in total. The molecule has 0 atom stereocenters. The number of hydrogen-bond acceptors (Lipinski definition) is 2. The molecule has 1 aliphatic rings. The van der Waals surface area contributed by atoms with Gasteiger partial charge in [-0.1, -0.05) is 23.8 Å². The van der Waals surface area contributed by atoms with Gasteiger partial charge in [-0.3, -0.25) is 0 Å². The van der Waals surface area contributed by atoms with E-state index in [1.165, 1.54) is 12.8 Å². The lowest BCUT2D eigenvalue weighted by molar-refractivity contribution is 0.425. The third-order valence-corrected chi connectivity index (χ3v) is 2.54. The maximum Gasteiger partial charge on any atom is 0.488 e. The van der Waals surface area contributed by atoms with Gasteiger partial charge in [0.05, 0.1) is 0 Å². The fourth-order valence-electron chi connectivity index (χ4n) is 1.68. The quantitative estimate of drug-likeness (QED) is 0.646. The number of rotatable bonds is 2. The molecule has 0 aliphatic heterocycles. The van der Waals surface area contributed by atoms with Gasteiger partial charge in [-0.15, -0.1) is 0 Å². The average molecular weight is 176 g/mol. The molecule has 13 heavy (non-hydrogen) atoms. The average Bonchev–Trinajstić information content (AvgIpc) is 2.87. The second-order valence-corrected chi connectivity index (χ2v) is 3.78. The zero-order valence-corrected chi connectivity index (χ0v) is 7.70. The first-order chi connectivity index (χ1) is 6.18. The standard InChI is InChI=1S/C10H13BO2/c1-7-2-5-9(8-3-4-8)10(6-7)11(12)13/h2,5-6,8,12-13H,3-4H2,1H3. The minimum absolute atomic E-state index is 0.567. The minimum Gasteiger partial charge on any atom is -0.423 e. The van der Waals surface area contributed by atoms with Crippen molar-refractivity contribution in [1.82, 2.24) is 0 Å². The molecule has 68 valence electrons. The van der Waals surface area contributed by atoms with Crippen molar-refractivity contribution < 1.29 is 10.0 Å². The van der Waals surface area contributed by atoms with Crippen LogP contribution >= 0.6 is 0 Å². The lowest BCUT2D eigenvalue weighted by atomic mass is 9.75. The van der Waals surface area contributed by atoms with Crippen molar-refractivity contribution in [2.24, 2.45) is 0 Å². The van der Waals surface area contributed by atoms with E-state index in [-0.39, 0.29) is 0 Å². The zero-order chi connectivity index (χ0) is 9.42. The smallest absolute Gasteiger partial charge is 0.423 e. The van der Waals surface area contributed by atoms with Gasteiger partial charge in [-0.2, -0.15) is 0 Å². The highest BCUT2D eigenvalue weighted by atomic mass is 16.4. The van der Waals surface area contributed by atoms with Crippen LogP contribution in [0.2, 0.25) is 0 Å². The van der Waals surface area contributed by atoms with Crippen molar-refractivity contribution in [2.45, 2.75) is 25.7 Å². The highest BCUT2D eigenvalue weighted by molar-refractivity contribution is 6.59. The molecule has 0 unspecified atom stereocenters. The van der Waals surface area contributed by atoms with Crippen LogP contribution in [-0.4, -0.2) is 17.2 Å². The molecule has 1 fully saturated rings. The Bertz CT molecular complexity index is 319. The van der Waals surface area contributed by atoms with Crippen LogP contribution in [0.5, 0.6) is 0 Å². The summed E-state index contributed by atoms with van der Waals surface area (Å²) in [6.07, 6.45) is 2.37. The first-order valence-electron chi connectivity index (χ1n) is 4.65. The molecule has 3 heteroatoms. The predicted molar refractivity (Wildman–Crippen MR) is 53.0 cm³/mol. The fourth-order valence-corrected chi connectivity index (χ4v) is 1.68. The molecule has 1 saturated carbocycles. The fraction of sp³-hybridized carbons (Fsp3) is 0.400. The van der Waals surface area contributed by atoms with Crippen molar-refractivity contribution in [3.63, 3.8) is 0 Å². The summed E-state index contributed by atoms with van der Waals surface area (Å²) in [6.45, 7) is 1.96. The first-order valence-corrected chi connectivity index (χ1v) is 4.65. The second-order valence-electron chi connectivity index (χ2n) is 3.78. The molecular formula is C10H13BO2. The van der Waals surface area contributed by atoms with Crippen molar-refractivity contribution in [2.75, 3.05) is 0 Å². The van der Waals surface area contributed by atoms with E-state index in [1.54, 1.807) is 0 Å². The molecule has 2 rings (SSSR count). The third kappa shape index (κ3) is 1.76. The van der Waals surface area contributed by atoms with Crippen molar-refractivity contribution in [3.05, 3.63) is 29.3 Å². The molecular weight excluding hydrogens is 163 g/mol.